The second-order valence-corrected chi connectivity index (χ2v) is 8.72. The zero-order valence-corrected chi connectivity index (χ0v) is 17.5. The maximum atomic E-state index is 13.3. The van der Waals surface area contributed by atoms with E-state index in [0.717, 1.165) is 30.4 Å². The van der Waals surface area contributed by atoms with E-state index < -0.39 is 0 Å². The van der Waals surface area contributed by atoms with Crippen LogP contribution in [0.2, 0.25) is 0 Å². The van der Waals surface area contributed by atoms with Crippen molar-refractivity contribution in [3.05, 3.63) is 88.0 Å². The van der Waals surface area contributed by atoms with Crippen LogP contribution in [0.15, 0.2) is 71.1 Å². The summed E-state index contributed by atoms with van der Waals surface area (Å²) in [6.07, 6.45) is 4.24. The lowest BCUT2D eigenvalue weighted by molar-refractivity contribution is -0.125. The molecule has 0 unspecified atom stereocenters. The molecule has 1 aliphatic carbocycles. The van der Waals surface area contributed by atoms with Crippen LogP contribution >= 0.6 is 11.3 Å². The fraction of sp³-hybridized carbons (Fsp3) is 0.208. The van der Waals surface area contributed by atoms with Gasteiger partial charge in [0.05, 0.1) is 17.3 Å². The van der Waals surface area contributed by atoms with Crippen LogP contribution in [0.1, 0.15) is 24.8 Å². The second-order valence-electron chi connectivity index (χ2n) is 7.86. The maximum absolute atomic E-state index is 13.3. The third kappa shape index (κ3) is 3.55. The summed E-state index contributed by atoms with van der Waals surface area (Å²) in [5, 5.41) is 5.45. The minimum atomic E-state index is -0.360. The molecule has 0 radical (unpaired) electrons. The standard InChI is InChI=1S/C24H20FN3O2S/c25-18-9-7-16(8-10-18)19-14-31-22-21(19)23(30)28(15-26-22)13-20(29)27-24(11-4-12-24)17-5-2-1-3-6-17/h1-3,5-10,14-15H,4,11-13H2,(H,27,29). The molecule has 4 aromatic rings. The van der Waals surface area contributed by atoms with Gasteiger partial charge in [-0.25, -0.2) is 9.37 Å². The molecule has 31 heavy (non-hydrogen) atoms. The summed E-state index contributed by atoms with van der Waals surface area (Å²) in [5.41, 5.74) is 1.90. The Morgan fingerprint density at radius 1 is 1.13 bits per heavy atom. The number of carbonyl (C=O) groups excluding carboxylic acids is 1. The molecular formula is C24H20FN3O2S. The third-order valence-electron chi connectivity index (χ3n) is 5.94. The first-order chi connectivity index (χ1) is 15.1. The molecule has 1 fully saturated rings. The quantitative estimate of drug-likeness (QED) is 0.505. The molecule has 2 aromatic carbocycles. The van der Waals surface area contributed by atoms with E-state index in [1.165, 1.54) is 34.4 Å². The Morgan fingerprint density at radius 3 is 2.55 bits per heavy atom. The first kappa shape index (κ1) is 19.6. The number of nitrogens with one attached hydrogen (secondary N) is 1. The summed E-state index contributed by atoms with van der Waals surface area (Å²) in [6, 6.07) is 16.0. The molecule has 2 heterocycles. The fourth-order valence-electron chi connectivity index (χ4n) is 4.16. The van der Waals surface area contributed by atoms with Crippen molar-refractivity contribution < 1.29 is 9.18 Å². The molecule has 156 valence electrons. The van der Waals surface area contributed by atoms with E-state index in [9.17, 15) is 14.0 Å². The van der Waals surface area contributed by atoms with E-state index in [0.29, 0.717) is 15.8 Å². The smallest absolute Gasteiger partial charge is 0.263 e. The van der Waals surface area contributed by atoms with Gasteiger partial charge in [0.15, 0.2) is 0 Å². The van der Waals surface area contributed by atoms with Crippen molar-refractivity contribution in [3.63, 3.8) is 0 Å². The van der Waals surface area contributed by atoms with Crippen molar-refractivity contribution in [2.75, 3.05) is 0 Å². The summed E-state index contributed by atoms with van der Waals surface area (Å²) >= 11 is 1.36. The van der Waals surface area contributed by atoms with Crippen LogP contribution < -0.4 is 10.9 Å². The zero-order chi connectivity index (χ0) is 21.4. The summed E-state index contributed by atoms with van der Waals surface area (Å²) in [4.78, 5) is 31.0. The first-order valence-electron chi connectivity index (χ1n) is 10.1. The van der Waals surface area contributed by atoms with Crippen molar-refractivity contribution in [1.82, 2.24) is 14.9 Å². The van der Waals surface area contributed by atoms with Crippen LogP contribution in [0.5, 0.6) is 0 Å². The average Bonchev–Trinajstić information content (AvgIpc) is 3.19. The molecule has 5 nitrogen and oxygen atoms in total. The molecule has 0 aliphatic heterocycles. The Kier molecular flexibility index (Phi) is 4.90. The molecule has 7 heteroatoms. The van der Waals surface area contributed by atoms with E-state index in [4.69, 9.17) is 0 Å². The molecule has 1 N–H and O–H groups in total. The summed E-state index contributed by atoms with van der Waals surface area (Å²) in [6.45, 7) is -0.102. The summed E-state index contributed by atoms with van der Waals surface area (Å²) < 4.78 is 14.6. The summed E-state index contributed by atoms with van der Waals surface area (Å²) in [5.74, 6) is -0.552. The number of rotatable bonds is 5. The van der Waals surface area contributed by atoms with E-state index in [-0.39, 0.29) is 29.4 Å². The Balaban J connectivity index is 1.44. The largest absolute Gasteiger partial charge is 0.345 e. The number of carbonyl (C=O) groups is 1. The number of hydrogen-bond acceptors (Lipinski definition) is 4. The van der Waals surface area contributed by atoms with Crippen molar-refractivity contribution in [2.24, 2.45) is 0 Å². The molecule has 1 amide bonds. The number of benzene rings is 2. The number of fused-ring (bicyclic) bond motifs is 1. The number of thiophene rings is 1. The highest BCUT2D eigenvalue weighted by atomic mass is 32.1. The van der Waals surface area contributed by atoms with E-state index in [2.05, 4.69) is 10.3 Å². The minimum Gasteiger partial charge on any atom is -0.345 e. The van der Waals surface area contributed by atoms with Crippen LogP contribution in [0, 0.1) is 5.82 Å². The second kappa shape index (κ2) is 7.74. The monoisotopic (exact) mass is 433 g/mol. The first-order valence-corrected chi connectivity index (χ1v) is 11.0. The molecule has 0 atom stereocenters. The average molecular weight is 434 g/mol. The number of amides is 1. The van der Waals surface area contributed by atoms with Gasteiger partial charge in [0.25, 0.3) is 5.56 Å². The van der Waals surface area contributed by atoms with Crippen molar-refractivity contribution in [3.8, 4) is 11.1 Å². The zero-order valence-electron chi connectivity index (χ0n) is 16.7. The SMILES string of the molecule is O=C(Cn1cnc2scc(-c3ccc(F)cc3)c2c1=O)NC1(c2ccccc2)CCC1. The van der Waals surface area contributed by atoms with Crippen molar-refractivity contribution in [2.45, 2.75) is 31.3 Å². The topological polar surface area (TPSA) is 64.0 Å². The molecule has 5 rings (SSSR count). The van der Waals surface area contributed by atoms with E-state index >= 15 is 0 Å². The molecular weight excluding hydrogens is 413 g/mol. The maximum Gasteiger partial charge on any atom is 0.263 e. The van der Waals surface area contributed by atoms with Crippen LogP contribution in [0.4, 0.5) is 4.39 Å². The van der Waals surface area contributed by atoms with Gasteiger partial charge in [-0.1, -0.05) is 42.5 Å². The number of hydrogen-bond donors (Lipinski definition) is 1. The highest BCUT2D eigenvalue weighted by Crippen LogP contribution is 2.41. The van der Waals surface area contributed by atoms with Gasteiger partial charge < -0.3 is 5.32 Å². The van der Waals surface area contributed by atoms with Gasteiger partial charge >= 0.3 is 0 Å². The number of nitrogens with zero attached hydrogens (tertiary/aromatic N) is 2. The highest BCUT2D eigenvalue weighted by molar-refractivity contribution is 7.17. The van der Waals surface area contributed by atoms with Crippen molar-refractivity contribution >= 4 is 27.5 Å². The Bertz CT molecular complexity index is 1310. The predicted octanol–water partition coefficient (Wildman–Crippen LogP) is 4.46. The van der Waals surface area contributed by atoms with Crippen LogP contribution in [-0.4, -0.2) is 15.5 Å². The van der Waals surface area contributed by atoms with Gasteiger partial charge in [-0.3, -0.25) is 14.2 Å². The Morgan fingerprint density at radius 2 is 1.87 bits per heavy atom. The van der Waals surface area contributed by atoms with Gasteiger partial charge in [-0.2, -0.15) is 0 Å². The van der Waals surface area contributed by atoms with Crippen LogP contribution in [-0.2, 0) is 16.9 Å². The molecule has 1 saturated carbocycles. The predicted molar refractivity (Wildman–Crippen MR) is 119 cm³/mol. The Hall–Kier alpha value is -3.32. The lowest BCUT2D eigenvalue weighted by atomic mass is 9.72. The minimum absolute atomic E-state index is 0.102. The molecule has 0 bridgehead atoms. The number of halogens is 1. The van der Waals surface area contributed by atoms with Gasteiger partial charge in [0, 0.05) is 10.9 Å². The van der Waals surface area contributed by atoms with Crippen LogP contribution in [0.25, 0.3) is 21.3 Å². The normalized spacial score (nSPS) is 14.9. The molecule has 2 aromatic heterocycles. The lowest BCUT2D eigenvalue weighted by Crippen LogP contribution is -2.52. The van der Waals surface area contributed by atoms with Crippen molar-refractivity contribution in [1.29, 1.82) is 0 Å². The highest BCUT2D eigenvalue weighted by Gasteiger charge is 2.39. The van der Waals surface area contributed by atoms with E-state index in [1.807, 2.05) is 35.7 Å². The van der Waals surface area contributed by atoms with Gasteiger partial charge in [0.1, 0.15) is 17.2 Å². The molecule has 1 aliphatic rings. The summed E-state index contributed by atoms with van der Waals surface area (Å²) in [7, 11) is 0. The Labute approximate surface area is 182 Å². The van der Waals surface area contributed by atoms with Gasteiger partial charge in [-0.05, 0) is 42.5 Å². The molecule has 0 spiro atoms. The molecule has 0 saturated heterocycles. The van der Waals surface area contributed by atoms with Gasteiger partial charge in [0.2, 0.25) is 5.91 Å². The third-order valence-corrected chi connectivity index (χ3v) is 6.83. The fourth-order valence-corrected chi connectivity index (χ4v) is 5.06. The lowest BCUT2D eigenvalue weighted by Gasteiger charge is -2.43. The van der Waals surface area contributed by atoms with Gasteiger partial charge in [-0.15, -0.1) is 11.3 Å². The number of aromatic nitrogens is 2. The van der Waals surface area contributed by atoms with E-state index in [1.54, 1.807) is 12.1 Å². The van der Waals surface area contributed by atoms with Crippen LogP contribution in [0.3, 0.4) is 0 Å².